The smallest absolute Gasteiger partial charge is 0.329 e. The minimum atomic E-state index is -0.981. The fourth-order valence-corrected chi connectivity index (χ4v) is 2.61. The van der Waals surface area contributed by atoms with Crippen LogP contribution in [0.4, 0.5) is 0 Å². The van der Waals surface area contributed by atoms with Gasteiger partial charge >= 0.3 is 5.97 Å². The molecule has 0 aliphatic carbocycles. The molecule has 1 unspecified atom stereocenters. The highest BCUT2D eigenvalue weighted by Crippen LogP contribution is 2.19. The normalized spacial score (nSPS) is 12.1. The summed E-state index contributed by atoms with van der Waals surface area (Å²) < 4.78 is 6.76. The highest BCUT2D eigenvalue weighted by molar-refractivity contribution is 5.98. The van der Waals surface area contributed by atoms with Crippen LogP contribution in [0.5, 0.6) is 0 Å². The van der Waals surface area contributed by atoms with Crippen LogP contribution in [0.25, 0.3) is 0 Å². The minimum Gasteiger partial charge on any atom is -0.464 e. The minimum absolute atomic E-state index is 0.0930. The van der Waals surface area contributed by atoms with Crippen LogP contribution in [0, 0.1) is 6.92 Å². The number of amides is 1. The Morgan fingerprint density at radius 3 is 2.38 bits per heavy atom. The molecule has 1 rings (SSSR count). The molecule has 134 valence electrons. The predicted octanol–water partition coefficient (Wildman–Crippen LogP) is 2.19. The predicted molar refractivity (Wildman–Crippen MR) is 89.8 cm³/mol. The zero-order valence-electron chi connectivity index (χ0n) is 15.1. The van der Waals surface area contributed by atoms with Crippen molar-refractivity contribution in [2.75, 3.05) is 6.61 Å². The molecule has 1 heterocycles. The van der Waals surface area contributed by atoms with Gasteiger partial charge in [-0.05, 0) is 33.6 Å². The lowest BCUT2D eigenvalue weighted by molar-refractivity contribution is -0.146. The molecule has 0 radical (unpaired) electrons. The summed E-state index contributed by atoms with van der Waals surface area (Å²) in [5, 5.41) is 6.89. The van der Waals surface area contributed by atoms with E-state index >= 15 is 0 Å². The Morgan fingerprint density at radius 2 is 1.88 bits per heavy atom. The third kappa shape index (κ3) is 4.91. The molecule has 1 aromatic heterocycles. The van der Waals surface area contributed by atoms with Gasteiger partial charge < -0.3 is 10.1 Å². The van der Waals surface area contributed by atoms with Gasteiger partial charge in [0.1, 0.15) is 11.8 Å². The fourth-order valence-electron chi connectivity index (χ4n) is 2.61. The Morgan fingerprint density at radius 1 is 1.25 bits per heavy atom. The number of carbonyl (C=O) groups is 3. The number of aromatic nitrogens is 2. The van der Waals surface area contributed by atoms with E-state index in [0.717, 1.165) is 18.5 Å². The first-order valence-corrected chi connectivity index (χ1v) is 8.36. The molecule has 0 fully saturated rings. The second kappa shape index (κ2) is 9.20. The summed E-state index contributed by atoms with van der Waals surface area (Å²) in [6.07, 6.45) is 3.23. The molecule has 0 bridgehead atoms. The van der Waals surface area contributed by atoms with Crippen molar-refractivity contribution in [1.82, 2.24) is 15.1 Å². The number of Topliss-reactive ketones (excluding diaryl/α,β-unsaturated/α-hetero) is 1. The number of nitrogens with one attached hydrogen (secondary N) is 1. The van der Waals surface area contributed by atoms with Crippen LogP contribution in [-0.4, -0.2) is 40.1 Å². The van der Waals surface area contributed by atoms with E-state index in [1.54, 1.807) is 6.92 Å². The number of ether oxygens (including phenoxy) is 1. The lowest BCUT2D eigenvalue weighted by Crippen LogP contribution is -2.43. The number of esters is 1. The maximum Gasteiger partial charge on any atom is 0.329 e. The van der Waals surface area contributed by atoms with Crippen molar-refractivity contribution < 1.29 is 19.1 Å². The highest BCUT2D eigenvalue weighted by Gasteiger charge is 2.26. The largest absolute Gasteiger partial charge is 0.464 e. The van der Waals surface area contributed by atoms with Crippen LogP contribution in [-0.2, 0) is 14.3 Å². The molecule has 0 aliphatic rings. The first kappa shape index (κ1) is 19.9. The average molecular weight is 337 g/mol. The number of hydrogen-bond donors (Lipinski definition) is 1. The van der Waals surface area contributed by atoms with Crippen molar-refractivity contribution in [3.05, 3.63) is 17.5 Å². The van der Waals surface area contributed by atoms with Gasteiger partial charge in [0.05, 0.1) is 24.4 Å². The first-order chi connectivity index (χ1) is 11.3. The molecule has 24 heavy (non-hydrogen) atoms. The summed E-state index contributed by atoms with van der Waals surface area (Å²) >= 11 is 0. The van der Waals surface area contributed by atoms with Crippen molar-refractivity contribution in [3.63, 3.8) is 0 Å². The van der Waals surface area contributed by atoms with E-state index in [9.17, 15) is 14.4 Å². The Balaban J connectivity index is 2.95. The summed E-state index contributed by atoms with van der Waals surface area (Å²) in [6, 6.07) is -0.754. The average Bonchev–Trinajstić information content (AvgIpc) is 2.90. The molecule has 0 spiro atoms. The molecule has 1 amide bonds. The third-order valence-electron chi connectivity index (χ3n) is 3.95. The Kier molecular flexibility index (Phi) is 7.61. The van der Waals surface area contributed by atoms with E-state index in [1.165, 1.54) is 13.1 Å². The van der Waals surface area contributed by atoms with Gasteiger partial charge in [-0.3, -0.25) is 14.3 Å². The van der Waals surface area contributed by atoms with Crippen molar-refractivity contribution in [2.24, 2.45) is 0 Å². The maximum absolute atomic E-state index is 12.5. The molecule has 0 aromatic carbocycles. The zero-order chi connectivity index (χ0) is 18.3. The standard InChI is InChI=1S/C17H27N3O4/c1-6-13(7-2)20-12(5)14(10-18-20)16(22)19-15(9-11(4)21)17(23)24-8-3/h10,13,15H,6-9H2,1-5H3,(H,19,22). The van der Waals surface area contributed by atoms with Gasteiger partial charge in [-0.25, -0.2) is 4.79 Å². The monoisotopic (exact) mass is 337 g/mol. The summed E-state index contributed by atoms with van der Waals surface area (Å²) in [6.45, 7) is 9.19. The van der Waals surface area contributed by atoms with Crippen molar-refractivity contribution in [1.29, 1.82) is 0 Å². The van der Waals surface area contributed by atoms with Crippen LogP contribution < -0.4 is 5.32 Å². The molecule has 0 aliphatic heterocycles. The Labute approximate surface area is 142 Å². The number of ketones is 1. The van der Waals surface area contributed by atoms with Crippen molar-refractivity contribution >= 4 is 17.7 Å². The van der Waals surface area contributed by atoms with Crippen LogP contribution >= 0.6 is 0 Å². The lowest BCUT2D eigenvalue weighted by atomic mass is 10.1. The van der Waals surface area contributed by atoms with Gasteiger partial charge in [0, 0.05) is 12.1 Å². The van der Waals surface area contributed by atoms with Gasteiger partial charge in [0.25, 0.3) is 5.91 Å². The molecular weight excluding hydrogens is 310 g/mol. The van der Waals surface area contributed by atoms with E-state index in [1.807, 2.05) is 11.6 Å². The molecule has 7 nitrogen and oxygen atoms in total. The van der Waals surface area contributed by atoms with E-state index in [2.05, 4.69) is 24.3 Å². The molecular formula is C17H27N3O4. The van der Waals surface area contributed by atoms with Crippen LogP contribution in [0.3, 0.4) is 0 Å². The second-order valence-electron chi connectivity index (χ2n) is 5.74. The molecule has 1 N–H and O–H groups in total. The first-order valence-electron chi connectivity index (χ1n) is 8.36. The summed E-state index contributed by atoms with van der Waals surface area (Å²) in [4.78, 5) is 35.8. The van der Waals surface area contributed by atoms with E-state index in [0.29, 0.717) is 5.56 Å². The van der Waals surface area contributed by atoms with Crippen LogP contribution in [0.15, 0.2) is 6.20 Å². The number of carbonyl (C=O) groups excluding carboxylic acids is 3. The van der Waals surface area contributed by atoms with Gasteiger partial charge in [0.2, 0.25) is 0 Å². The molecule has 1 atom stereocenters. The quantitative estimate of drug-likeness (QED) is 0.698. The molecule has 1 aromatic rings. The summed E-state index contributed by atoms with van der Waals surface area (Å²) in [5.41, 5.74) is 1.14. The van der Waals surface area contributed by atoms with E-state index in [4.69, 9.17) is 4.74 Å². The van der Waals surface area contributed by atoms with E-state index in [-0.39, 0.29) is 24.9 Å². The van der Waals surface area contributed by atoms with Crippen LogP contribution in [0.2, 0.25) is 0 Å². The Bertz CT molecular complexity index is 591. The lowest BCUT2D eigenvalue weighted by Gasteiger charge is -2.17. The summed E-state index contributed by atoms with van der Waals surface area (Å²) in [7, 11) is 0. The van der Waals surface area contributed by atoms with Gasteiger partial charge in [-0.1, -0.05) is 13.8 Å². The molecule has 0 saturated heterocycles. The van der Waals surface area contributed by atoms with Gasteiger partial charge in [0.15, 0.2) is 0 Å². The van der Waals surface area contributed by atoms with Gasteiger partial charge in [-0.2, -0.15) is 5.10 Å². The van der Waals surface area contributed by atoms with Crippen molar-refractivity contribution in [2.45, 2.75) is 66.0 Å². The SMILES string of the molecule is CCOC(=O)C(CC(C)=O)NC(=O)c1cnn(C(CC)CC)c1C. The number of nitrogens with zero attached hydrogens (tertiary/aromatic N) is 2. The van der Waals surface area contributed by atoms with Crippen LogP contribution in [0.1, 0.15) is 69.1 Å². The van der Waals surface area contributed by atoms with E-state index < -0.39 is 17.9 Å². The Hall–Kier alpha value is -2.18. The van der Waals surface area contributed by atoms with Crippen molar-refractivity contribution in [3.8, 4) is 0 Å². The second-order valence-corrected chi connectivity index (χ2v) is 5.74. The summed E-state index contributed by atoms with van der Waals surface area (Å²) in [5.74, 6) is -1.23. The third-order valence-corrected chi connectivity index (χ3v) is 3.95. The zero-order valence-corrected chi connectivity index (χ0v) is 15.1. The number of hydrogen-bond acceptors (Lipinski definition) is 5. The topological polar surface area (TPSA) is 90.3 Å². The number of rotatable bonds is 9. The molecule has 7 heteroatoms. The molecule has 0 saturated carbocycles. The highest BCUT2D eigenvalue weighted by atomic mass is 16.5. The van der Waals surface area contributed by atoms with Gasteiger partial charge in [-0.15, -0.1) is 0 Å². The maximum atomic E-state index is 12.5. The fraction of sp³-hybridized carbons (Fsp3) is 0.647.